The van der Waals surface area contributed by atoms with Gasteiger partial charge in [-0.05, 0) is 47.1 Å². The molecule has 21 heavy (non-hydrogen) atoms. The summed E-state index contributed by atoms with van der Waals surface area (Å²) < 4.78 is 2.59. The number of hydrogen-bond acceptors (Lipinski definition) is 3. The molecule has 0 radical (unpaired) electrons. The van der Waals surface area contributed by atoms with Gasteiger partial charge in [-0.15, -0.1) is 0 Å². The number of aryl methyl sites for hydroxylation is 1. The van der Waals surface area contributed by atoms with Gasteiger partial charge in [-0.3, -0.25) is 9.20 Å². The average Bonchev–Trinajstić information content (AvgIpc) is 2.74. The lowest BCUT2D eigenvalue weighted by Gasteiger charge is -2.06. The van der Waals surface area contributed by atoms with Gasteiger partial charge in [0.05, 0.1) is 5.69 Å². The summed E-state index contributed by atoms with van der Waals surface area (Å²) in [6.45, 7) is 1.79. The molecule has 2 aromatic heterocycles. The van der Waals surface area contributed by atoms with Crippen LogP contribution in [0.15, 0.2) is 47.1 Å². The molecule has 0 bridgehead atoms. The molecule has 106 valence electrons. The summed E-state index contributed by atoms with van der Waals surface area (Å²) in [5.41, 5.74) is 2.35. The summed E-state index contributed by atoms with van der Waals surface area (Å²) in [4.78, 5) is 16.8. The molecule has 1 amide bonds. The van der Waals surface area contributed by atoms with Gasteiger partial charge in [0, 0.05) is 22.4 Å². The quantitative estimate of drug-likeness (QED) is 0.748. The number of carbonyl (C=O) groups is 1. The van der Waals surface area contributed by atoms with E-state index in [9.17, 15) is 9.90 Å². The number of amides is 1. The average molecular weight is 346 g/mol. The van der Waals surface area contributed by atoms with E-state index in [1.54, 1.807) is 35.7 Å². The van der Waals surface area contributed by atoms with Crippen molar-refractivity contribution in [2.24, 2.45) is 0 Å². The Balaban J connectivity index is 2.01. The fraction of sp³-hybridized carbons (Fsp3) is 0.0667. The molecule has 0 unspecified atom stereocenters. The van der Waals surface area contributed by atoms with E-state index in [0.717, 1.165) is 4.47 Å². The fourth-order valence-electron chi connectivity index (χ4n) is 2.18. The number of nitrogens with zero attached hydrogens (tertiary/aromatic N) is 2. The predicted molar refractivity (Wildman–Crippen MR) is 83.7 cm³/mol. The van der Waals surface area contributed by atoms with Crippen LogP contribution in [0.2, 0.25) is 0 Å². The van der Waals surface area contributed by atoms with Crippen molar-refractivity contribution in [3.63, 3.8) is 0 Å². The molecular formula is C15H12BrN3O2. The van der Waals surface area contributed by atoms with Crippen molar-refractivity contribution >= 4 is 33.2 Å². The first-order valence-corrected chi connectivity index (χ1v) is 7.08. The van der Waals surface area contributed by atoms with E-state index in [-0.39, 0.29) is 11.7 Å². The van der Waals surface area contributed by atoms with Crippen LogP contribution in [-0.4, -0.2) is 20.4 Å². The Morgan fingerprint density at radius 1 is 1.33 bits per heavy atom. The lowest BCUT2D eigenvalue weighted by molar-refractivity contribution is 0.102. The second kappa shape index (κ2) is 5.21. The fourth-order valence-corrected chi connectivity index (χ4v) is 2.52. The van der Waals surface area contributed by atoms with E-state index in [1.807, 2.05) is 12.1 Å². The van der Waals surface area contributed by atoms with Gasteiger partial charge in [-0.1, -0.05) is 6.07 Å². The second-order valence-corrected chi connectivity index (χ2v) is 5.54. The minimum atomic E-state index is -0.274. The van der Waals surface area contributed by atoms with Crippen molar-refractivity contribution in [3.8, 4) is 5.75 Å². The summed E-state index contributed by atoms with van der Waals surface area (Å²) in [5, 5.41) is 12.2. The molecule has 0 atom stereocenters. The Morgan fingerprint density at radius 2 is 2.14 bits per heavy atom. The maximum Gasteiger partial charge on any atom is 0.274 e. The highest BCUT2D eigenvalue weighted by atomic mass is 79.9. The lowest BCUT2D eigenvalue weighted by atomic mass is 10.2. The first kappa shape index (κ1) is 13.6. The maximum absolute atomic E-state index is 12.5. The van der Waals surface area contributed by atoms with Gasteiger partial charge in [-0.25, -0.2) is 4.98 Å². The van der Waals surface area contributed by atoms with Crippen LogP contribution < -0.4 is 5.32 Å². The first-order chi connectivity index (χ1) is 10.0. The molecule has 0 saturated carbocycles. The summed E-state index contributed by atoms with van der Waals surface area (Å²) in [6, 6.07) is 10.1. The number of benzene rings is 1. The number of phenolic OH excluding ortho intramolecular Hbond substituents is 1. The molecule has 3 rings (SSSR count). The van der Waals surface area contributed by atoms with Crippen LogP contribution in [0.5, 0.6) is 5.75 Å². The predicted octanol–water partition coefficient (Wildman–Crippen LogP) is 3.36. The third-order valence-corrected chi connectivity index (χ3v) is 3.54. The molecule has 0 aliphatic rings. The summed E-state index contributed by atoms with van der Waals surface area (Å²) in [5.74, 6) is -0.172. The van der Waals surface area contributed by atoms with Gasteiger partial charge in [0.15, 0.2) is 0 Å². The highest BCUT2D eigenvalue weighted by molar-refractivity contribution is 9.10. The Labute approximate surface area is 129 Å². The van der Waals surface area contributed by atoms with E-state index >= 15 is 0 Å². The number of rotatable bonds is 2. The highest BCUT2D eigenvalue weighted by Gasteiger charge is 2.17. The Hall–Kier alpha value is -2.34. The third-order valence-electron chi connectivity index (χ3n) is 3.08. The zero-order chi connectivity index (χ0) is 15.0. The van der Waals surface area contributed by atoms with Gasteiger partial charge < -0.3 is 10.4 Å². The van der Waals surface area contributed by atoms with E-state index in [0.29, 0.717) is 22.7 Å². The first-order valence-electron chi connectivity index (χ1n) is 6.29. The molecule has 0 fully saturated rings. The van der Waals surface area contributed by atoms with Gasteiger partial charge in [-0.2, -0.15) is 0 Å². The molecule has 0 saturated heterocycles. The molecule has 2 N–H and O–H groups in total. The van der Waals surface area contributed by atoms with Gasteiger partial charge in [0.1, 0.15) is 17.1 Å². The molecule has 1 aromatic carbocycles. The van der Waals surface area contributed by atoms with E-state index in [2.05, 4.69) is 26.2 Å². The summed E-state index contributed by atoms with van der Waals surface area (Å²) in [6.07, 6.45) is 1.80. The van der Waals surface area contributed by atoms with Crippen molar-refractivity contribution in [3.05, 3.63) is 58.5 Å². The highest BCUT2D eigenvalue weighted by Crippen LogP contribution is 2.20. The van der Waals surface area contributed by atoms with Crippen LogP contribution in [0.1, 0.15) is 16.2 Å². The zero-order valence-corrected chi connectivity index (χ0v) is 12.8. The number of aromatic hydroxyl groups is 1. The van der Waals surface area contributed by atoms with Crippen LogP contribution in [0, 0.1) is 6.92 Å². The van der Waals surface area contributed by atoms with Crippen molar-refractivity contribution in [1.29, 1.82) is 0 Å². The maximum atomic E-state index is 12.5. The molecule has 3 aromatic rings. The monoisotopic (exact) mass is 345 g/mol. The number of aromatic nitrogens is 2. The van der Waals surface area contributed by atoms with Gasteiger partial charge in [0.2, 0.25) is 0 Å². The number of hydrogen-bond donors (Lipinski definition) is 2. The number of halogens is 1. The Kier molecular flexibility index (Phi) is 3.39. The number of imidazole rings is 1. The van der Waals surface area contributed by atoms with Crippen LogP contribution in [0.3, 0.4) is 0 Å². The van der Waals surface area contributed by atoms with Gasteiger partial charge >= 0.3 is 0 Å². The molecule has 6 heteroatoms. The smallest absolute Gasteiger partial charge is 0.274 e. The molecule has 0 spiro atoms. The molecular weight excluding hydrogens is 334 g/mol. The summed E-state index contributed by atoms with van der Waals surface area (Å²) in [7, 11) is 0. The second-order valence-electron chi connectivity index (χ2n) is 4.63. The third kappa shape index (κ3) is 2.62. The number of pyridine rings is 1. The molecule has 0 aliphatic carbocycles. The van der Waals surface area contributed by atoms with Crippen LogP contribution in [0.25, 0.3) is 5.65 Å². The van der Waals surface area contributed by atoms with E-state index < -0.39 is 0 Å². The van der Waals surface area contributed by atoms with E-state index in [1.165, 1.54) is 6.07 Å². The topological polar surface area (TPSA) is 66.6 Å². The largest absolute Gasteiger partial charge is 0.508 e. The van der Waals surface area contributed by atoms with Crippen molar-refractivity contribution in [2.75, 3.05) is 5.32 Å². The number of phenols is 1. The number of nitrogens with one attached hydrogen (secondary N) is 1. The SMILES string of the molecule is Cc1nc2ccc(Br)cn2c1C(=O)Nc1cccc(O)c1. The minimum absolute atomic E-state index is 0.102. The van der Waals surface area contributed by atoms with Crippen molar-refractivity contribution in [1.82, 2.24) is 9.38 Å². The summed E-state index contributed by atoms with van der Waals surface area (Å²) >= 11 is 3.39. The number of carbonyl (C=O) groups excluding carboxylic acids is 1. The zero-order valence-electron chi connectivity index (χ0n) is 11.2. The van der Waals surface area contributed by atoms with Crippen LogP contribution in [-0.2, 0) is 0 Å². The number of anilines is 1. The molecule has 0 aliphatic heterocycles. The molecule has 5 nitrogen and oxygen atoms in total. The van der Waals surface area contributed by atoms with Crippen LogP contribution in [0.4, 0.5) is 5.69 Å². The Bertz CT molecular complexity index is 842. The van der Waals surface area contributed by atoms with Crippen LogP contribution >= 0.6 is 15.9 Å². The Morgan fingerprint density at radius 3 is 2.90 bits per heavy atom. The minimum Gasteiger partial charge on any atom is -0.508 e. The van der Waals surface area contributed by atoms with E-state index in [4.69, 9.17) is 0 Å². The molecule has 2 heterocycles. The van der Waals surface area contributed by atoms with Gasteiger partial charge in [0.25, 0.3) is 5.91 Å². The number of fused-ring (bicyclic) bond motifs is 1. The standard InChI is InChI=1S/C15H12BrN3O2/c1-9-14(19-8-10(16)5-6-13(19)17-9)15(21)18-11-3-2-4-12(20)7-11/h2-8,20H,1H3,(H,18,21). The lowest BCUT2D eigenvalue weighted by Crippen LogP contribution is -2.15. The van der Waals surface area contributed by atoms with Crippen molar-refractivity contribution < 1.29 is 9.90 Å². The van der Waals surface area contributed by atoms with Crippen molar-refractivity contribution in [2.45, 2.75) is 6.92 Å². The normalized spacial score (nSPS) is 10.8.